The molecule has 100 valence electrons. The zero-order chi connectivity index (χ0) is 13.8. The van der Waals surface area contributed by atoms with Crippen molar-refractivity contribution in [3.63, 3.8) is 0 Å². The van der Waals surface area contributed by atoms with Crippen LogP contribution < -0.4 is 5.32 Å². The van der Waals surface area contributed by atoms with Crippen LogP contribution >= 0.6 is 22.3 Å². The Hall–Kier alpha value is -0.780. The quantitative estimate of drug-likeness (QED) is 0.848. The summed E-state index contributed by atoms with van der Waals surface area (Å²) in [6.45, 7) is 1.99. The van der Waals surface area contributed by atoms with Crippen molar-refractivity contribution in [3.8, 4) is 0 Å². The molecule has 0 aliphatic rings. The molecule has 1 N–H and O–H groups in total. The maximum Gasteiger partial charge on any atom is 0.262 e. The number of carbonyl (C=O) groups excluding carboxylic acids is 1. The molecule has 0 aliphatic heterocycles. The third kappa shape index (κ3) is 4.48. The molecule has 0 unspecified atom stereocenters. The molecule has 1 aromatic rings. The molecular formula is C11H13Cl2NO3S. The van der Waals surface area contributed by atoms with E-state index in [4.69, 9.17) is 22.3 Å². The van der Waals surface area contributed by atoms with Gasteiger partial charge in [0.25, 0.3) is 9.05 Å². The fourth-order valence-electron chi connectivity index (χ4n) is 1.34. The highest BCUT2D eigenvalue weighted by molar-refractivity contribution is 8.13. The van der Waals surface area contributed by atoms with E-state index in [-0.39, 0.29) is 15.8 Å². The van der Waals surface area contributed by atoms with Gasteiger partial charge in [-0.3, -0.25) is 4.79 Å². The van der Waals surface area contributed by atoms with E-state index >= 15 is 0 Å². The van der Waals surface area contributed by atoms with Gasteiger partial charge in [0.2, 0.25) is 5.91 Å². The van der Waals surface area contributed by atoms with Crippen molar-refractivity contribution in [3.05, 3.63) is 23.2 Å². The normalized spacial score (nSPS) is 11.3. The predicted molar refractivity (Wildman–Crippen MR) is 72.6 cm³/mol. The summed E-state index contributed by atoms with van der Waals surface area (Å²) in [6, 6.07) is 4.08. The van der Waals surface area contributed by atoms with E-state index in [0.717, 1.165) is 12.8 Å². The average Bonchev–Trinajstić information content (AvgIpc) is 2.24. The number of hydrogen-bond donors (Lipinski definition) is 1. The van der Waals surface area contributed by atoms with E-state index in [1.54, 1.807) is 0 Å². The fraction of sp³-hybridized carbons (Fsp3) is 0.364. The summed E-state index contributed by atoms with van der Waals surface area (Å²) in [7, 11) is 1.33. The third-order valence-electron chi connectivity index (χ3n) is 2.24. The molecule has 1 aromatic carbocycles. The molecule has 0 fully saturated rings. The second-order valence-electron chi connectivity index (χ2n) is 3.73. The lowest BCUT2D eigenvalue weighted by atomic mass is 10.2. The number of anilines is 1. The molecule has 0 aromatic heterocycles. The second-order valence-corrected chi connectivity index (χ2v) is 6.68. The van der Waals surface area contributed by atoms with Crippen molar-refractivity contribution in [1.82, 2.24) is 0 Å². The van der Waals surface area contributed by atoms with E-state index in [0.29, 0.717) is 12.1 Å². The van der Waals surface area contributed by atoms with E-state index in [2.05, 4.69) is 5.32 Å². The lowest BCUT2D eigenvalue weighted by Gasteiger charge is -2.06. The minimum Gasteiger partial charge on any atom is -0.326 e. The van der Waals surface area contributed by atoms with Gasteiger partial charge in [-0.2, -0.15) is 0 Å². The van der Waals surface area contributed by atoms with Gasteiger partial charge in [0.15, 0.2) is 0 Å². The minimum atomic E-state index is -3.87. The number of carbonyl (C=O) groups is 1. The molecule has 7 heteroatoms. The predicted octanol–water partition coefficient (Wildman–Crippen LogP) is 3.40. The van der Waals surface area contributed by atoms with Gasteiger partial charge in [0, 0.05) is 22.8 Å². The fourth-order valence-corrected chi connectivity index (χ4v) is 2.87. The summed E-state index contributed by atoms with van der Waals surface area (Å²) in [6.07, 6.45) is 2.15. The largest absolute Gasteiger partial charge is 0.326 e. The summed E-state index contributed by atoms with van der Waals surface area (Å²) < 4.78 is 22.2. The van der Waals surface area contributed by atoms with Crippen molar-refractivity contribution >= 4 is 42.9 Å². The van der Waals surface area contributed by atoms with Crippen molar-refractivity contribution in [2.45, 2.75) is 31.1 Å². The molecule has 0 bridgehead atoms. The number of nitrogens with one attached hydrogen (secondary N) is 1. The van der Waals surface area contributed by atoms with E-state index in [1.807, 2.05) is 6.92 Å². The highest BCUT2D eigenvalue weighted by Gasteiger charge is 2.15. The third-order valence-corrected chi connectivity index (χ3v) is 4.04. The smallest absolute Gasteiger partial charge is 0.262 e. The lowest BCUT2D eigenvalue weighted by molar-refractivity contribution is -0.116. The van der Waals surface area contributed by atoms with Gasteiger partial charge in [-0.05, 0) is 24.6 Å². The standard InChI is InChI=1S/C11H13Cl2NO3S/c1-2-3-4-11(15)14-8-5-6-10(9(12)7-8)18(13,16)17/h5-7H,2-4H2,1H3,(H,14,15). The molecule has 0 radical (unpaired) electrons. The Bertz CT molecular complexity index is 543. The Morgan fingerprint density at radius 1 is 1.39 bits per heavy atom. The lowest BCUT2D eigenvalue weighted by Crippen LogP contribution is -2.11. The second kappa shape index (κ2) is 6.41. The van der Waals surface area contributed by atoms with Crippen LogP contribution in [0.5, 0.6) is 0 Å². The van der Waals surface area contributed by atoms with Gasteiger partial charge in [0.1, 0.15) is 4.90 Å². The van der Waals surface area contributed by atoms with Crippen LogP contribution in [0.25, 0.3) is 0 Å². The topological polar surface area (TPSA) is 63.2 Å². The van der Waals surface area contributed by atoms with E-state index in [1.165, 1.54) is 18.2 Å². The van der Waals surface area contributed by atoms with Gasteiger partial charge < -0.3 is 5.32 Å². The SMILES string of the molecule is CCCCC(=O)Nc1ccc(S(=O)(=O)Cl)c(Cl)c1. The zero-order valence-corrected chi connectivity index (χ0v) is 12.1. The molecule has 4 nitrogen and oxygen atoms in total. The van der Waals surface area contributed by atoms with Crippen LogP contribution in [0.1, 0.15) is 26.2 Å². The minimum absolute atomic E-state index is 0.0155. The summed E-state index contributed by atoms with van der Waals surface area (Å²) in [5, 5.41) is 2.62. The van der Waals surface area contributed by atoms with Gasteiger partial charge in [-0.25, -0.2) is 8.42 Å². The first-order valence-corrected chi connectivity index (χ1v) is 8.07. The Balaban J connectivity index is 2.82. The van der Waals surface area contributed by atoms with E-state index in [9.17, 15) is 13.2 Å². The number of halogens is 2. The van der Waals surface area contributed by atoms with E-state index < -0.39 is 9.05 Å². The van der Waals surface area contributed by atoms with Crippen molar-refractivity contribution in [2.24, 2.45) is 0 Å². The van der Waals surface area contributed by atoms with Crippen molar-refractivity contribution in [2.75, 3.05) is 5.32 Å². The molecule has 0 aliphatic carbocycles. The Morgan fingerprint density at radius 3 is 2.56 bits per heavy atom. The maximum absolute atomic E-state index is 11.5. The first-order chi connectivity index (χ1) is 8.34. The van der Waals surface area contributed by atoms with Crippen LogP contribution in [0.15, 0.2) is 23.1 Å². The molecular weight excluding hydrogens is 297 g/mol. The summed E-state index contributed by atoms with van der Waals surface area (Å²) in [5.41, 5.74) is 0.449. The Labute approximate surface area is 116 Å². The van der Waals surface area contributed by atoms with Crippen molar-refractivity contribution < 1.29 is 13.2 Å². The Kier molecular flexibility index (Phi) is 5.44. The van der Waals surface area contributed by atoms with Crippen LogP contribution in [-0.4, -0.2) is 14.3 Å². The van der Waals surface area contributed by atoms with Crippen LogP contribution in [0.3, 0.4) is 0 Å². The molecule has 1 rings (SSSR count). The molecule has 0 saturated heterocycles. The number of amides is 1. The molecule has 18 heavy (non-hydrogen) atoms. The number of benzene rings is 1. The summed E-state index contributed by atoms with van der Waals surface area (Å²) in [4.78, 5) is 11.3. The monoisotopic (exact) mass is 309 g/mol. The van der Waals surface area contributed by atoms with Gasteiger partial charge in [0.05, 0.1) is 5.02 Å². The highest BCUT2D eigenvalue weighted by Crippen LogP contribution is 2.27. The van der Waals surface area contributed by atoms with Crippen LogP contribution in [0.2, 0.25) is 5.02 Å². The highest BCUT2D eigenvalue weighted by atomic mass is 35.7. The summed E-state index contributed by atoms with van der Waals surface area (Å²) in [5.74, 6) is -0.130. The van der Waals surface area contributed by atoms with Gasteiger partial charge >= 0.3 is 0 Å². The summed E-state index contributed by atoms with van der Waals surface area (Å²) >= 11 is 5.79. The van der Waals surface area contributed by atoms with Crippen LogP contribution in [0, 0.1) is 0 Å². The first kappa shape index (κ1) is 15.3. The first-order valence-electron chi connectivity index (χ1n) is 5.38. The molecule has 0 atom stereocenters. The number of rotatable bonds is 5. The van der Waals surface area contributed by atoms with Crippen LogP contribution in [0.4, 0.5) is 5.69 Å². The van der Waals surface area contributed by atoms with Gasteiger partial charge in [-0.15, -0.1) is 0 Å². The molecule has 0 spiro atoms. The zero-order valence-electron chi connectivity index (χ0n) is 9.74. The van der Waals surface area contributed by atoms with Crippen LogP contribution in [-0.2, 0) is 13.8 Å². The average molecular weight is 310 g/mol. The Morgan fingerprint density at radius 2 is 2.06 bits per heavy atom. The van der Waals surface area contributed by atoms with Crippen molar-refractivity contribution in [1.29, 1.82) is 0 Å². The molecule has 0 heterocycles. The number of unbranched alkanes of at least 4 members (excludes halogenated alkanes) is 1. The van der Waals surface area contributed by atoms with Gasteiger partial charge in [-0.1, -0.05) is 24.9 Å². The molecule has 0 saturated carbocycles. The molecule has 1 amide bonds. The maximum atomic E-state index is 11.5. The number of hydrogen-bond acceptors (Lipinski definition) is 3.